The summed E-state index contributed by atoms with van der Waals surface area (Å²) < 4.78 is 16.3. The van der Waals surface area contributed by atoms with Gasteiger partial charge in [-0.1, -0.05) is 11.6 Å². The van der Waals surface area contributed by atoms with Gasteiger partial charge in [0.2, 0.25) is 0 Å². The molecule has 0 spiro atoms. The number of fused-ring (bicyclic) bond motifs is 2. The summed E-state index contributed by atoms with van der Waals surface area (Å²) in [5.41, 5.74) is 1.82. The first kappa shape index (κ1) is 17.2. The lowest BCUT2D eigenvalue weighted by Crippen LogP contribution is -2.04. The highest BCUT2D eigenvalue weighted by molar-refractivity contribution is 6.31. The second-order valence-electron chi connectivity index (χ2n) is 5.82. The minimum absolute atomic E-state index is 0.177. The molecular weight excluding hydrogens is 370 g/mol. The van der Waals surface area contributed by atoms with E-state index in [1.165, 1.54) is 6.07 Å². The zero-order valence-electron chi connectivity index (χ0n) is 14.2. The van der Waals surface area contributed by atoms with Crippen LogP contribution in [0, 0.1) is 0 Å². The summed E-state index contributed by atoms with van der Waals surface area (Å²) in [5, 5.41) is 0.906. The van der Waals surface area contributed by atoms with Crippen LogP contribution in [0.25, 0.3) is 34.2 Å². The van der Waals surface area contributed by atoms with Crippen molar-refractivity contribution in [2.75, 3.05) is 6.61 Å². The van der Waals surface area contributed by atoms with Crippen molar-refractivity contribution in [3.63, 3.8) is 0 Å². The molecule has 1 N–H and O–H groups in total. The van der Waals surface area contributed by atoms with E-state index < -0.39 is 5.97 Å². The predicted octanol–water partition coefficient (Wildman–Crippen LogP) is 4.87. The molecular formula is C20H14ClNO5. The summed E-state index contributed by atoms with van der Waals surface area (Å²) in [6.07, 6.45) is 3.32. The number of benzene rings is 1. The zero-order valence-corrected chi connectivity index (χ0v) is 15.0. The average molecular weight is 384 g/mol. The quantitative estimate of drug-likeness (QED) is 0.508. The van der Waals surface area contributed by atoms with Gasteiger partial charge in [0.1, 0.15) is 22.8 Å². The van der Waals surface area contributed by atoms with Gasteiger partial charge < -0.3 is 18.6 Å². The fraction of sp³-hybridized carbons (Fsp3) is 0.100. The summed E-state index contributed by atoms with van der Waals surface area (Å²) in [5.74, 6) is 0.506. The third-order valence-electron chi connectivity index (χ3n) is 3.94. The highest BCUT2D eigenvalue weighted by atomic mass is 35.5. The van der Waals surface area contributed by atoms with Crippen molar-refractivity contribution >= 4 is 51.8 Å². The number of nitrogens with one attached hydrogen (secondary N) is 1. The molecule has 3 heterocycles. The van der Waals surface area contributed by atoms with Crippen LogP contribution >= 0.6 is 11.6 Å². The van der Waals surface area contributed by atoms with Gasteiger partial charge in [-0.05, 0) is 37.3 Å². The van der Waals surface area contributed by atoms with E-state index in [1.807, 2.05) is 0 Å². The van der Waals surface area contributed by atoms with Gasteiger partial charge in [0.25, 0.3) is 0 Å². The van der Waals surface area contributed by atoms with Gasteiger partial charge in [-0.3, -0.25) is 4.79 Å². The molecule has 0 fully saturated rings. The van der Waals surface area contributed by atoms with E-state index in [0.717, 1.165) is 0 Å². The molecule has 7 heteroatoms. The predicted molar refractivity (Wildman–Crippen MR) is 103 cm³/mol. The molecule has 0 saturated carbocycles. The Bertz CT molecular complexity index is 1210. The van der Waals surface area contributed by atoms with Crippen molar-refractivity contribution < 1.29 is 18.4 Å². The fourth-order valence-corrected chi connectivity index (χ4v) is 2.91. The summed E-state index contributed by atoms with van der Waals surface area (Å²) in [6, 6.07) is 9.62. The number of aromatic amines is 1. The molecule has 0 radical (unpaired) electrons. The molecule has 0 aliphatic heterocycles. The first-order valence-electron chi connectivity index (χ1n) is 8.24. The Morgan fingerprint density at radius 2 is 1.85 bits per heavy atom. The van der Waals surface area contributed by atoms with Crippen LogP contribution in [0.1, 0.15) is 28.9 Å². The number of ether oxygens (including phenoxy) is 1. The molecule has 4 rings (SSSR count). The van der Waals surface area contributed by atoms with Crippen molar-refractivity contribution in [2.45, 2.75) is 6.92 Å². The van der Waals surface area contributed by atoms with Crippen LogP contribution in [0.3, 0.4) is 0 Å². The molecule has 0 bridgehead atoms. The maximum atomic E-state index is 12.2. The topological polar surface area (TPSA) is 85.4 Å². The summed E-state index contributed by atoms with van der Waals surface area (Å²) >= 11 is 5.91. The number of hydrogen-bond donors (Lipinski definition) is 1. The molecule has 0 atom stereocenters. The lowest BCUT2D eigenvalue weighted by Gasteiger charge is -1.99. The van der Waals surface area contributed by atoms with E-state index in [4.69, 9.17) is 25.2 Å². The number of halogens is 1. The van der Waals surface area contributed by atoms with Crippen LogP contribution in [-0.2, 0) is 4.74 Å². The molecule has 0 aliphatic rings. The van der Waals surface area contributed by atoms with E-state index in [9.17, 15) is 9.59 Å². The van der Waals surface area contributed by atoms with Crippen LogP contribution in [0.15, 0.2) is 50.0 Å². The molecule has 0 aliphatic carbocycles. The Morgan fingerprint density at radius 1 is 1.11 bits per heavy atom. The number of furan rings is 1. The molecule has 4 aromatic rings. The van der Waals surface area contributed by atoms with Crippen LogP contribution in [0.2, 0.25) is 5.02 Å². The van der Waals surface area contributed by atoms with Crippen molar-refractivity contribution in [1.29, 1.82) is 0 Å². The van der Waals surface area contributed by atoms with E-state index in [2.05, 4.69) is 4.98 Å². The number of hydrogen-bond acceptors (Lipinski definition) is 5. The van der Waals surface area contributed by atoms with Crippen LogP contribution in [-0.4, -0.2) is 17.6 Å². The van der Waals surface area contributed by atoms with Crippen LogP contribution in [0.5, 0.6) is 0 Å². The van der Waals surface area contributed by atoms with Gasteiger partial charge in [-0.15, -0.1) is 0 Å². The smallest absolute Gasteiger partial charge is 0.354 e. The van der Waals surface area contributed by atoms with Crippen molar-refractivity contribution in [1.82, 2.24) is 4.98 Å². The third kappa shape index (κ3) is 3.39. The lowest BCUT2D eigenvalue weighted by molar-refractivity contribution is 0.0520. The maximum Gasteiger partial charge on any atom is 0.354 e. The molecule has 1 aromatic carbocycles. The summed E-state index contributed by atoms with van der Waals surface area (Å²) in [6.45, 7) is 2.05. The van der Waals surface area contributed by atoms with E-state index >= 15 is 0 Å². The van der Waals surface area contributed by atoms with Gasteiger partial charge in [-0.25, -0.2) is 4.79 Å². The Balaban J connectivity index is 1.62. The maximum absolute atomic E-state index is 12.2. The molecule has 3 aromatic heterocycles. The molecule has 6 nitrogen and oxygen atoms in total. The molecule has 0 saturated heterocycles. The van der Waals surface area contributed by atoms with Crippen molar-refractivity contribution in [3.05, 3.63) is 68.9 Å². The highest BCUT2D eigenvalue weighted by Gasteiger charge is 2.13. The Morgan fingerprint density at radius 3 is 2.59 bits per heavy atom. The van der Waals surface area contributed by atoms with Gasteiger partial charge in [-0.2, -0.15) is 0 Å². The van der Waals surface area contributed by atoms with Crippen LogP contribution < -0.4 is 5.43 Å². The molecule has 136 valence electrons. The van der Waals surface area contributed by atoms with Crippen molar-refractivity contribution in [3.8, 4) is 0 Å². The number of carbonyl (C=O) groups is 1. The SMILES string of the molecule is CCOC(=O)c1cc2oc(/C=C/c3cc(=O)c4cc(Cl)ccc4o3)cc2[nH]1. The van der Waals surface area contributed by atoms with Gasteiger partial charge >= 0.3 is 5.97 Å². The highest BCUT2D eigenvalue weighted by Crippen LogP contribution is 2.23. The normalized spacial score (nSPS) is 11.6. The largest absolute Gasteiger partial charge is 0.461 e. The molecule has 0 unspecified atom stereocenters. The third-order valence-corrected chi connectivity index (χ3v) is 4.18. The van der Waals surface area contributed by atoms with E-state index in [0.29, 0.717) is 50.9 Å². The monoisotopic (exact) mass is 383 g/mol. The minimum atomic E-state index is -0.431. The first-order chi connectivity index (χ1) is 13.0. The Kier molecular flexibility index (Phi) is 4.33. The Hall–Kier alpha value is -3.25. The van der Waals surface area contributed by atoms with Gasteiger partial charge in [0.15, 0.2) is 11.0 Å². The van der Waals surface area contributed by atoms with Crippen molar-refractivity contribution in [2.24, 2.45) is 0 Å². The zero-order chi connectivity index (χ0) is 19.0. The second kappa shape index (κ2) is 6.81. The van der Waals surface area contributed by atoms with E-state index in [-0.39, 0.29) is 5.43 Å². The lowest BCUT2D eigenvalue weighted by atomic mass is 10.2. The first-order valence-corrected chi connectivity index (χ1v) is 8.62. The molecule has 27 heavy (non-hydrogen) atoms. The standard InChI is InChI=1S/C20H14ClNO5/c1-2-25-20(24)16-10-19-15(22-16)8-12(27-19)4-5-13-9-17(23)14-7-11(21)3-6-18(14)26-13/h3-10,22H,2H2,1H3/b5-4+. The van der Waals surface area contributed by atoms with Crippen LogP contribution in [0.4, 0.5) is 0 Å². The minimum Gasteiger partial charge on any atom is -0.461 e. The fourth-order valence-electron chi connectivity index (χ4n) is 2.74. The summed E-state index contributed by atoms with van der Waals surface area (Å²) in [4.78, 5) is 26.9. The molecule has 0 amide bonds. The number of rotatable bonds is 4. The number of H-pyrrole nitrogens is 1. The number of carbonyl (C=O) groups excluding carboxylic acids is 1. The van der Waals surface area contributed by atoms with Gasteiger partial charge in [0.05, 0.1) is 17.5 Å². The van der Waals surface area contributed by atoms with Gasteiger partial charge in [0, 0.05) is 23.2 Å². The number of aromatic nitrogens is 1. The average Bonchev–Trinajstić information content (AvgIpc) is 3.19. The summed E-state index contributed by atoms with van der Waals surface area (Å²) in [7, 11) is 0. The number of esters is 1. The van der Waals surface area contributed by atoms with E-state index in [1.54, 1.807) is 49.4 Å². The second-order valence-corrected chi connectivity index (χ2v) is 6.25. The Labute approximate surface area is 158 Å².